The highest BCUT2D eigenvalue weighted by atomic mass is 14.8. The van der Waals surface area contributed by atoms with E-state index >= 15 is 0 Å². The molecule has 2 aromatic rings. The fraction of sp³-hybridized carbons (Fsp3) is 0.375. The van der Waals surface area contributed by atoms with Gasteiger partial charge in [0.25, 0.3) is 0 Å². The van der Waals surface area contributed by atoms with E-state index in [1.165, 1.54) is 11.1 Å². The summed E-state index contributed by atoms with van der Waals surface area (Å²) >= 11 is 0. The summed E-state index contributed by atoms with van der Waals surface area (Å²) in [5.74, 6) is 1.03. The van der Waals surface area contributed by atoms with Crippen LogP contribution in [0.4, 0.5) is 0 Å². The van der Waals surface area contributed by atoms with Crippen LogP contribution in [-0.2, 0) is 0 Å². The van der Waals surface area contributed by atoms with Crippen molar-refractivity contribution in [3.8, 4) is 11.4 Å². The third kappa shape index (κ3) is 2.76. The van der Waals surface area contributed by atoms with E-state index in [0.29, 0.717) is 11.8 Å². The van der Waals surface area contributed by atoms with Gasteiger partial charge in [0.15, 0.2) is 0 Å². The molecule has 2 rings (SSSR count). The lowest BCUT2D eigenvalue weighted by Gasteiger charge is -2.09. The number of rotatable bonds is 3. The molecule has 2 nitrogen and oxygen atoms in total. The molecule has 0 aliphatic heterocycles. The molecule has 0 aliphatic rings. The highest BCUT2D eigenvalue weighted by Crippen LogP contribution is 2.23. The molecule has 94 valence electrons. The van der Waals surface area contributed by atoms with Crippen LogP contribution in [0, 0.1) is 0 Å². The molecule has 2 heteroatoms. The van der Waals surface area contributed by atoms with Crippen molar-refractivity contribution in [2.45, 2.75) is 39.5 Å². The Morgan fingerprint density at radius 1 is 0.722 bits per heavy atom. The first-order valence-corrected chi connectivity index (χ1v) is 6.50. The Morgan fingerprint density at radius 2 is 1.11 bits per heavy atom. The summed E-state index contributed by atoms with van der Waals surface area (Å²) in [7, 11) is 0. The fourth-order valence-electron chi connectivity index (χ4n) is 1.89. The highest BCUT2D eigenvalue weighted by molar-refractivity contribution is 5.56. The molecule has 0 atom stereocenters. The quantitative estimate of drug-likeness (QED) is 0.795. The minimum atomic E-state index is 0.514. The van der Waals surface area contributed by atoms with E-state index < -0.39 is 0 Å². The van der Waals surface area contributed by atoms with Gasteiger partial charge in [0.1, 0.15) is 0 Å². The molecule has 0 unspecified atom stereocenters. The number of pyridine rings is 2. The van der Waals surface area contributed by atoms with E-state index in [-0.39, 0.29) is 0 Å². The molecule has 0 saturated heterocycles. The lowest BCUT2D eigenvalue weighted by Crippen LogP contribution is -1.94. The third-order valence-corrected chi connectivity index (χ3v) is 3.16. The van der Waals surface area contributed by atoms with Gasteiger partial charge in [-0.05, 0) is 47.2 Å². The Kier molecular flexibility index (Phi) is 3.75. The summed E-state index contributed by atoms with van der Waals surface area (Å²) in [6, 6.07) is 8.41. The van der Waals surface area contributed by atoms with Gasteiger partial charge in [0.2, 0.25) is 0 Å². The molecular formula is C16H20N2. The van der Waals surface area contributed by atoms with Gasteiger partial charge < -0.3 is 0 Å². The molecule has 0 radical (unpaired) electrons. The zero-order valence-electron chi connectivity index (χ0n) is 11.5. The van der Waals surface area contributed by atoms with Crippen molar-refractivity contribution in [1.29, 1.82) is 0 Å². The lowest BCUT2D eigenvalue weighted by molar-refractivity contribution is 0.859. The number of nitrogens with zero attached hydrogens (tertiary/aromatic N) is 2. The van der Waals surface area contributed by atoms with Crippen LogP contribution >= 0.6 is 0 Å². The van der Waals surface area contributed by atoms with E-state index in [1.54, 1.807) is 0 Å². The van der Waals surface area contributed by atoms with Crippen LogP contribution in [0.25, 0.3) is 11.4 Å². The maximum Gasteiger partial charge on any atom is 0.0889 e. The molecule has 0 N–H and O–H groups in total. The predicted octanol–water partition coefficient (Wildman–Crippen LogP) is 4.39. The van der Waals surface area contributed by atoms with Crippen LogP contribution in [0.5, 0.6) is 0 Å². The maximum absolute atomic E-state index is 4.43. The summed E-state index contributed by atoms with van der Waals surface area (Å²) in [6.45, 7) is 8.77. The second-order valence-electron chi connectivity index (χ2n) is 5.26. The molecule has 0 aliphatic carbocycles. The number of hydrogen-bond acceptors (Lipinski definition) is 2. The van der Waals surface area contributed by atoms with Crippen LogP contribution in [0.3, 0.4) is 0 Å². The highest BCUT2D eigenvalue weighted by Gasteiger charge is 2.07. The number of hydrogen-bond donors (Lipinski definition) is 0. The second-order valence-corrected chi connectivity index (χ2v) is 5.26. The van der Waals surface area contributed by atoms with Crippen molar-refractivity contribution in [2.75, 3.05) is 0 Å². The first-order chi connectivity index (χ1) is 8.58. The molecule has 2 heterocycles. The standard InChI is InChI=1S/C16H20N2/c1-11(2)13-5-7-17-15(9-13)16-10-14(12(3)4)6-8-18-16/h5-12H,1-4H3. The molecule has 0 fully saturated rings. The molecule has 0 aromatic carbocycles. The van der Waals surface area contributed by atoms with Crippen molar-refractivity contribution in [1.82, 2.24) is 9.97 Å². The summed E-state index contributed by atoms with van der Waals surface area (Å²) < 4.78 is 0. The smallest absolute Gasteiger partial charge is 0.0889 e. The maximum atomic E-state index is 4.43. The van der Waals surface area contributed by atoms with Crippen molar-refractivity contribution >= 4 is 0 Å². The summed E-state index contributed by atoms with van der Waals surface area (Å²) in [5, 5.41) is 0. The van der Waals surface area contributed by atoms with Crippen LogP contribution in [0.2, 0.25) is 0 Å². The molecule has 0 amide bonds. The summed E-state index contributed by atoms with van der Waals surface area (Å²) in [6.07, 6.45) is 3.74. The molecule has 18 heavy (non-hydrogen) atoms. The molecule has 0 saturated carbocycles. The molecule has 0 spiro atoms. The van der Waals surface area contributed by atoms with E-state index in [9.17, 15) is 0 Å². The minimum Gasteiger partial charge on any atom is -0.255 e. The first-order valence-electron chi connectivity index (χ1n) is 6.50. The van der Waals surface area contributed by atoms with Gasteiger partial charge in [-0.3, -0.25) is 9.97 Å². The van der Waals surface area contributed by atoms with Gasteiger partial charge >= 0.3 is 0 Å². The van der Waals surface area contributed by atoms with Gasteiger partial charge in [0.05, 0.1) is 11.4 Å². The molecule has 2 aromatic heterocycles. The van der Waals surface area contributed by atoms with E-state index in [4.69, 9.17) is 0 Å². The van der Waals surface area contributed by atoms with Crippen LogP contribution in [0.15, 0.2) is 36.7 Å². The summed E-state index contributed by atoms with van der Waals surface area (Å²) in [4.78, 5) is 8.86. The van der Waals surface area contributed by atoms with Crippen molar-refractivity contribution in [3.63, 3.8) is 0 Å². The molecular weight excluding hydrogens is 220 g/mol. The topological polar surface area (TPSA) is 25.8 Å². The Balaban J connectivity index is 2.42. The Bertz CT molecular complexity index is 481. The monoisotopic (exact) mass is 240 g/mol. The fourth-order valence-corrected chi connectivity index (χ4v) is 1.89. The normalized spacial score (nSPS) is 11.2. The van der Waals surface area contributed by atoms with Gasteiger partial charge in [-0.25, -0.2) is 0 Å². The predicted molar refractivity (Wildman–Crippen MR) is 75.6 cm³/mol. The lowest BCUT2D eigenvalue weighted by atomic mass is 10.0. The van der Waals surface area contributed by atoms with Gasteiger partial charge in [-0.2, -0.15) is 0 Å². The van der Waals surface area contributed by atoms with Gasteiger partial charge in [-0.15, -0.1) is 0 Å². The second kappa shape index (κ2) is 5.30. The summed E-state index contributed by atoms with van der Waals surface area (Å²) in [5.41, 5.74) is 4.53. The molecule has 0 bridgehead atoms. The van der Waals surface area contributed by atoms with Crippen molar-refractivity contribution in [3.05, 3.63) is 47.8 Å². The van der Waals surface area contributed by atoms with E-state index in [2.05, 4.69) is 61.9 Å². The van der Waals surface area contributed by atoms with Gasteiger partial charge in [0, 0.05) is 12.4 Å². The Hall–Kier alpha value is -1.70. The average molecular weight is 240 g/mol. The van der Waals surface area contributed by atoms with Crippen LogP contribution in [0.1, 0.15) is 50.7 Å². The Morgan fingerprint density at radius 3 is 1.44 bits per heavy atom. The largest absolute Gasteiger partial charge is 0.255 e. The van der Waals surface area contributed by atoms with E-state index in [0.717, 1.165) is 11.4 Å². The Labute approximate surface area is 109 Å². The van der Waals surface area contributed by atoms with Crippen molar-refractivity contribution < 1.29 is 0 Å². The van der Waals surface area contributed by atoms with Crippen molar-refractivity contribution in [2.24, 2.45) is 0 Å². The van der Waals surface area contributed by atoms with Gasteiger partial charge in [-0.1, -0.05) is 27.7 Å². The third-order valence-electron chi connectivity index (χ3n) is 3.16. The van der Waals surface area contributed by atoms with Crippen LogP contribution < -0.4 is 0 Å². The zero-order chi connectivity index (χ0) is 13.1. The number of aromatic nitrogens is 2. The van der Waals surface area contributed by atoms with E-state index in [1.807, 2.05) is 12.4 Å². The van der Waals surface area contributed by atoms with Crippen LogP contribution in [-0.4, -0.2) is 9.97 Å². The first kappa shape index (κ1) is 12.7. The minimum absolute atomic E-state index is 0.514. The zero-order valence-corrected chi connectivity index (χ0v) is 11.5. The average Bonchev–Trinajstić information content (AvgIpc) is 2.39. The SMILES string of the molecule is CC(C)c1ccnc(-c2cc(C(C)C)ccn2)c1.